The molecule has 1 aromatic rings. The summed E-state index contributed by atoms with van der Waals surface area (Å²) in [6.45, 7) is 0. The van der Waals surface area contributed by atoms with Gasteiger partial charge in [0, 0.05) is 0 Å². The molecule has 0 bridgehead atoms. The maximum absolute atomic E-state index is 13.3. The molecule has 116 valence electrons. The Labute approximate surface area is 120 Å². The van der Waals surface area contributed by atoms with Crippen molar-refractivity contribution in [2.45, 2.75) is 43.7 Å². The number of ether oxygens (including phenoxy) is 1. The van der Waals surface area contributed by atoms with E-state index < -0.39 is 23.1 Å². The van der Waals surface area contributed by atoms with Crippen LogP contribution in [-0.2, 0) is 16.4 Å². The van der Waals surface area contributed by atoms with Crippen molar-refractivity contribution in [2.75, 3.05) is 7.11 Å². The molecule has 0 spiro atoms. The number of aliphatic carboxylic acids is 1. The molecule has 21 heavy (non-hydrogen) atoms. The highest BCUT2D eigenvalue weighted by molar-refractivity contribution is 5.82. The van der Waals surface area contributed by atoms with Gasteiger partial charge in [-0.15, -0.1) is 0 Å². The number of halogens is 3. The molecule has 6 heteroatoms. The molecule has 0 aromatic heterocycles. The first kappa shape index (κ1) is 15.7. The number of methoxy groups -OCH3 is 1. The molecule has 0 atom stereocenters. The molecule has 0 radical (unpaired) electrons. The van der Waals surface area contributed by atoms with Crippen LogP contribution in [0, 0.1) is 0 Å². The van der Waals surface area contributed by atoms with Gasteiger partial charge in [0.25, 0.3) is 0 Å². The third kappa shape index (κ3) is 2.84. The van der Waals surface area contributed by atoms with Crippen molar-refractivity contribution >= 4 is 5.97 Å². The van der Waals surface area contributed by atoms with Crippen LogP contribution in [0.3, 0.4) is 0 Å². The van der Waals surface area contributed by atoms with E-state index in [1.807, 2.05) is 0 Å². The summed E-state index contributed by atoms with van der Waals surface area (Å²) in [4.78, 5) is 11.7. The van der Waals surface area contributed by atoms with Crippen LogP contribution in [0.1, 0.15) is 43.2 Å². The number of carboxylic acid groups (broad SMARTS) is 1. The van der Waals surface area contributed by atoms with E-state index in [4.69, 9.17) is 4.74 Å². The molecule has 0 unspecified atom stereocenters. The van der Waals surface area contributed by atoms with E-state index in [0.717, 1.165) is 12.5 Å². The smallest absolute Gasteiger partial charge is 0.416 e. The van der Waals surface area contributed by atoms with Gasteiger partial charge in [0.1, 0.15) is 5.75 Å². The molecule has 3 nitrogen and oxygen atoms in total. The molecule has 0 amide bonds. The fraction of sp³-hybridized carbons (Fsp3) is 0.533. The van der Waals surface area contributed by atoms with Gasteiger partial charge in [-0.2, -0.15) is 13.2 Å². The van der Waals surface area contributed by atoms with Gasteiger partial charge in [0.15, 0.2) is 0 Å². The van der Waals surface area contributed by atoms with Crippen LogP contribution in [0.2, 0.25) is 0 Å². The van der Waals surface area contributed by atoms with Crippen molar-refractivity contribution < 1.29 is 27.8 Å². The zero-order valence-electron chi connectivity index (χ0n) is 11.7. The maximum Gasteiger partial charge on any atom is 0.416 e. The third-order valence-electron chi connectivity index (χ3n) is 4.16. The average Bonchev–Trinajstić information content (AvgIpc) is 2.46. The molecule has 2 rings (SSSR count). The van der Waals surface area contributed by atoms with Crippen LogP contribution in [-0.4, -0.2) is 18.2 Å². The average molecular weight is 302 g/mol. The van der Waals surface area contributed by atoms with Crippen LogP contribution >= 0.6 is 0 Å². The highest BCUT2D eigenvalue weighted by atomic mass is 19.4. The van der Waals surface area contributed by atoms with Crippen LogP contribution in [0.5, 0.6) is 5.75 Å². The molecule has 1 aliphatic rings. The summed E-state index contributed by atoms with van der Waals surface area (Å²) in [5, 5.41) is 9.56. The lowest BCUT2D eigenvalue weighted by Gasteiger charge is -2.35. The number of rotatable bonds is 3. The van der Waals surface area contributed by atoms with E-state index in [-0.39, 0.29) is 24.2 Å². The standard InChI is InChI=1S/C15H17F3O3/c1-21-10-5-6-11(12(9-10)15(16,17)18)14(13(19)20)7-3-2-4-8-14/h5-6,9H,2-4,7-8H2,1H3,(H,19,20). The molecule has 1 aromatic carbocycles. The normalized spacial score (nSPS) is 18.3. The molecule has 1 aliphatic carbocycles. The summed E-state index contributed by atoms with van der Waals surface area (Å²) in [5.41, 5.74) is -2.51. The van der Waals surface area contributed by atoms with Gasteiger partial charge < -0.3 is 9.84 Å². The SMILES string of the molecule is COc1ccc(C2(C(=O)O)CCCCC2)c(C(F)(F)F)c1. The van der Waals surface area contributed by atoms with Crippen molar-refractivity contribution in [3.63, 3.8) is 0 Å². The van der Waals surface area contributed by atoms with Crippen LogP contribution in [0.25, 0.3) is 0 Å². The third-order valence-corrected chi connectivity index (χ3v) is 4.16. The Morgan fingerprint density at radius 1 is 1.24 bits per heavy atom. The highest BCUT2D eigenvalue weighted by Gasteiger charge is 2.47. The quantitative estimate of drug-likeness (QED) is 0.918. The van der Waals surface area contributed by atoms with Gasteiger partial charge in [-0.1, -0.05) is 25.3 Å². The van der Waals surface area contributed by atoms with E-state index in [0.29, 0.717) is 12.8 Å². The number of benzene rings is 1. The lowest BCUT2D eigenvalue weighted by molar-refractivity contribution is -0.147. The van der Waals surface area contributed by atoms with Gasteiger partial charge in [-0.25, -0.2) is 0 Å². The zero-order valence-corrected chi connectivity index (χ0v) is 11.7. The first-order valence-corrected chi connectivity index (χ1v) is 6.80. The van der Waals surface area contributed by atoms with E-state index >= 15 is 0 Å². The lowest BCUT2D eigenvalue weighted by Crippen LogP contribution is -2.39. The molecular formula is C15H17F3O3. The Kier molecular flexibility index (Phi) is 4.16. The largest absolute Gasteiger partial charge is 0.497 e. The van der Waals surface area contributed by atoms with Crippen molar-refractivity contribution in [3.8, 4) is 5.75 Å². The molecule has 1 fully saturated rings. The van der Waals surface area contributed by atoms with Crippen molar-refractivity contribution in [1.82, 2.24) is 0 Å². The Balaban J connectivity index is 2.62. The maximum atomic E-state index is 13.3. The Morgan fingerprint density at radius 2 is 1.86 bits per heavy atom. The molecule has 0 saturated heterocycles. The summed E-state index contributed by atoms with van der Waals surface area (Å²) in [6.07, 6.45) is -2.04. The topological polar surface area (TPSA) is 46.5 Å². The molecule has 0 aliphatic heterocycles. The minimum absolute atomic E-state index is 0.0717. The summed E-state index contributed by atoms with van der Waals surface area (Å²) in [6, 6.07) is 3.53. The Morgan fingerprint density at radius 3 is 2.33 bits per heavy atom. The number of carbonyl (C=O) groups is 1. The van der Waals surface area contributed by atoms with E-state index in [2.05, 4.69) is 0 Å². The number of alkyl halides is 3. The van der Waals surface area contributed by atoms with Crippen LogP contribution in [0.4, 0.5) is 13.2 Å². The summed E-state index contributed by atoms with van der Waals surface area (Å²) in [7, 11) is 1.28. The first-order chi connectivity index (χ1) is 9.81. The molecule has 0 heterocycles. The predicted molar refractivity (Wildman–Crippen MR) is 70.4 cm³/mol. The van der Waals surface area contributed by atoms with E-state index in [1.54, 1.807) is 0 Å². The second-order valence-corrected chi connectivity index (χ2v) is 5.36. The van der Waals surface area contributed by atoms with Gasteiger partial charge in [-0.3, -0.25) is 4.79 Å². The summed E-state index contributed by atoms with van der Waals surface area (Å²) in [5.74, 6) is -1.11. The van der Waals surface area contributed by atoms with Crippen LogP contribution in [0.15, 0.2) is 18.2 Å². The number of hydrogen-bond donors (Lipinski definition) is 1. The fourth-order valence-corrected chi connectivity index (χ4v) is 3.06. The lowest BCUT2D eigenvalue weighted by atomic mass is 9.68. The number of hydrogen-bond acceptors (Lipinski definition) is 2. The van der Waals surface area contributed by atoms with Gasteiger partial charge in [-0.05, 0) is 30.5 Å². The number of carboxylic acids is 1. The minimum atomic E-state index is -4.61. The zero-order chi connectivity index (χ0) is 15.7. The Hall–Kier alpha value is -1.72. The predicted octanol–water partition coefficient (Wildman–Crippen LogP) is 4.00. The van der Waals surface area contributed by atoms with E-state index in [9.17, 15) is 23.1 Å². The van der Waals surface area contributed by atoms with E-state index in [1.165, 1.54) is 19.2 Å². The van der Waals surface area contributed by atoms with Crippen molar-refractivity contribution in [1.29, 1.82) is 0 Å². The second kappa shape index (κ2) is 5.58. The monoisotopic (exact) mass is 302 g/mol. The fourth-order valence-electron chi connectivity index (χ4n) is 3.06. The molecule has 1 saturated carbocycles. The molecular weight excluding hydrogens is 285 g/mol. The van der Waals surface area contributed by atoms with Gasteiger partial charge in [0.05, 0.1) is 18.1 Å². The Bertz CT molecular complexity index is 531. The minimum Gasteiger partial charge on any atom is -0.497 e. The van der Waals surface area contributed by atoms with Gasteiger partial charge in [0.2, 0.25) is 0 Å². The van der Waals surface area contributed by atoms with Crippen molar-refractivity contribution in [2.24, 2.45) is 0 Å². The summed E-state index contributed by atoms with van der Waals surface area (Å²) >= 11 is 0. The highest BCUT2D eigenvalue weighted by Crippen LogP contribution is 2.46. The first-order valence-electron chi connectivity index (χ1n) is 6.80. The molecule has 1 N–H and O–H groups in total. The second-order valence-electron chi connectivity index (χ2n) is 5.36. The summed E-state index contributed by atoms with van der Waals surface area (Å²) < 4.78 is 44.8. The van der Waals surface area contributed by atoms with Gasteiger partial charge >= 0.3 is 12.1 Å². The van der Waals surface area contributed by atoms with Crippen molar-refractivity contribution in [3.05, 3.63) is 29.3 Å². The van der Waals surface area contributed by atoms with Crippen LogP contribution < -0.4 is 4.74 Å².